The molecule has 3 saturated heterocycles. The van der Waals surface area contributed by atoms with Crippen LogP contribution >= 0.6 is 0 Å². The first kappa shape index (κ1) is 18.2. The Labute approximate surface area is 158 Å². The SMILES string of the molecule is O=C1CCC(Nc2ccc(N3CCC4(CCNCC4)CC3)c(F)c2)C(=O)N1. The van der Waals surface area contributed by atoms with Gasteiger partial charge in [0.15, 0.2) is 0 Å². The monoisotopic (exact) mass is 374 g/mol. The number of piperidine rings is 3. The van der Waals surface area contributed by atoms with Crippen LogP contribution in [-0.2, 0) is 9.59 Å². The van der Waals surface area contributed by atoms with E-state index in [4.69, 9.17) is 0 Å². The van der Waals surface area contributed by atoms with Gasteiger partial charge in [0, 0.05) is 25.2 Å². The van der Waals surface area contributed by atoms with Gasteiger partial charge in [0.25, 0.3) is 0 Å². The summed E-state index contributed by atoms with van der Waals surface area (Å²) in [6.07, 6.45) is 5.40. The molecule has 2 amide bonds. The number of imide groups is 1. The Hall–Kier alpha value is -2.15. The summed E-state index contributed by atoms with van der Waals surface area (Å²) in [6, 6.07) is 4.57. The summed E-state index contributed by atoms with van der Waals surface area (Å²) < 4.78 is 14.7. The lowest BCUT2D eigenvalue weighted by Crippen LogP contribution is -2.47. The number of carbonyl (C=O) groups is 2. The number of benzene rings is 1. The summed E-state index contributed by atoms with van der Waals surface area (Å²) >= 11 is 0. The molecule has 0 saturated carbocycles. The maximum Gasteiger partial charge on any atom is 0.249 e. The Morgan fingerprint density at radius 2 is 1.85 bits per heavy atom. The summed E-state index contributed by atoms with van der Waals surface area (Å²) in [5.41, 5.74) is 1.64. The number of nitrogens with zero attached hydrogens (tertiary/aromatic N) is 1. The van der Waals surface area contributed by atoms with E-state index >= 15 is 0 Å². The summed E-state index contributed by atoms with van der Waals surface area (Å²) in [4.78, 5) is 25.2. The van der Waals surface area contributed by atoms with Gasteiger partial charge in [-0.3, -0.25) is 14.9 Å². The number of amides is 2. The number of rotatable bonds is 3. The van der Waals surface area contributed by atoms with E-state index in [0.29, 0.717) is 29.6 Å². The smallest absolute Gasteiger partial charge is 0.249 e. The molecule has 146 valence electrons. The summed E-state index contributed by atoms with van der Waals surface area (Å²) in [6.45, 7) is 3.96. The molecule has 1 aromatic carbocycles. The topological polar surface area (TPSA) is 73.5 Å². The van der Waals surface area contributed by atoms with Crippen LogP contribution in [-0.4, -0.2) is 44.0 Å². The molecule has 27 heavy (non-hydrogen) atoms. The fourth-order valence-corrected chi connectivity index (χ4v) is 4.56. The lowest BCUT2D eigenvalue weighted by atomic mass is 9.71. The molecule has 0 aromatic heterocycles. The fraction of sp³-hybridized carbons (Fsp3) is 0.600. The van der Waals surface area contributed by atoms with Crippen molar-refractivity contribution in [2.24, 2.45) is 5.41 Å². The van der Waals surface area contributed by atoms with Crippen LogP contribution in [0.2, 0.25) is 0 Å². The van der Waals surface area contributed by atoms with E-state index in [-0.39, 0.29) is 17.6 Å². The first-order valence-electron chi connectivity index (χ1n) is 9.90. The summed E-state index contributed by atoms with van der Waals surface area (Å²) in [5, 5.41) is 8.77. The highest BCUT2D eigenvalue weighted by Gasteiger charge is 2.36. The molecule has 3 fully saturated rings. The number of hydrogen-bond acceptors (Lipinski definition) is 5. The van der Waals surface area contributed by atoms with Crippen molar-refractivity contribution in [1.82, 2.24) is 10.6 Å². The first-order chi connectivity index (χ1) is 13.0. The Bertz CT molecular complexity index is 723. The average molecular weight is 374 g/mol. The molecule has 0 bridgehead atoms. The third kappa shape index (κ3) is 3.93. The minimum atomic E-state index is -0.497. The third-order valence-electron chi connectivity index (χ3n) is 6.36. The van der Waals surface area contributed by atoms with Crippen LogP contribution in [0.4, 0.5) is 15.8 Å². The van der Waals surface area contributed by atoms with Crippen LogP contribution in [0, 0.1) is 11.2 Å². The van der Waals surface area contributed by atoms with Gasteiger partial charge in [-0.2, -0.15) is 0 Å². The standard InChI is InChI=1S/C20H27FN4O2/c21-15-13-14(23-16-2-4-18(26)24-19(16)27)1-3-17(15)25-11-7-20(8-12-25)5-9-22-10-6-20/h1,3,13,16,22-23H,2,4-12H2,(H,24,26,27). The second-order valence-electron chi connectivity index (χ2n) is 8.05. The van der Waals surface area contributed by atoms with E-state index in [1.165, 1.54) is 18.9 Å². The van der Waals surface area contributed by atoms with E-state index in [1.54, 1.807) is 6.07 Å². The van der Waals surface area contributed by atoms with Crippen molar-refractivity contribution >= 4 is 23.2 Å². The van der Waals surface area contributed by atoms with Crippen LogP contribution < -0.4 is 20.9 Å². The molecule has 0 radical (unpaired) electrons. The zero-order valence-electron chi connectivity index (χ0n) is 15.5. The first-order valence-corrected chi connectivity index (χ1v) is 9.90. The maximum absolute atomic E-state index is 14.7. The van der Waals surface area contributed by atoms with Crippen molar-refractivity contribution < 1.29 is 14.0 Å². The Balaban J connectivity index is 1.39. The molecule has 4 rings (SSSR count). The maximum atomic E-state index is 14.7. The van der Waals surface area contributed by atoms with Crippen LogP contribution in [0.3, 0.4) is 0 Å². The Morgan fingerprint density at radius 1 is 1.11 bits per heavy atom. The lowest BCUT2D eigenvalue weighted by molar-refractivity contribution is -0.133. The van der Waals surface area contributed by atoms with E-state index in [1.807, 2.05) is 6.07 Å². The molecular formula is C20H27FN4O2. The van der Waals surface area contributed by atoms with Crippen LogP contribution in [0.15, 0.2) is 18.2 Å². The molecule has 0 aliphatic carbocycles. The second-order valence-corrected chi connectivity index (χ2v) is 8.05. The number of nitrogens with one attached hydrogen (secondary N) is 3. The van der Waals surface area contributed by atoms with Gasteiger partial charge in [0.1, 0.15) is 11.9 Å². The fourth-order valence-electron chi connectivity index (χ4n) is 4.56. The van der Waals surface area contributed by atoms with Gasteiger partial charge in [-0.25, -0.2) is 4.39 Å². The van der Waals surface area contributed by atoms with Crippen molar-refractivity contribution in [3.05, 3.63) is 24.0 Å². The van der Waals surface area contributed by atoms with Crippen molar-refractivity contribution in [2.45, 2.75) is 44.6 Å². The van der Waals surface area contributed by atoms with Crippen LogP contribution in [0.25, 0.3) is 0 Å². The summed E-state index contributed by atoms with van der Waals surface area (Å²) in [7, 11) is 0. The van der Waals surface area contributed by atoms with E-state index in [0.717, 1.165) is 39.0 Å². The highest BCUT2D eigenvalue weighted by atomic mass is 19.1. The van der Waals surface area contributed by atoms with Gasteiger partial charge in [-0.1, -0.05) is 0 Å². The minimum Gasteiger partial charge on any atom is -0.374 e. The van der Waals surface area contributed by atoms with E-state index in [2.05, 4.69) is 20.9 Å². The number of hydrogen-bond donors (Lipinski definition) is 3. The molecule has 1 unspecified atom stereocenters. The van der Waals surface area contributed by atoms with Crippen molar-refractivity contribution in [1.29, 1.82) is 0 Å². The zero-order valence-corrected chi connectivity index (χ0v) is 15.5. The second kappa shape index (κ2) is 7.46. The number of anilines is 2. The van der Waals surface area contributed by atoms with Crippen LogP contribution in [0.5, 0.6) is 0 Å². The Kier molecular flexibility index (Phi) is 5.04. The van der Waals surface area contributed by atoms with Gasteiger partial charge >= 0.3 is 0 Å². The molecule has 7 heteroatoms. The molecular weight excluding hydrogens is 347 g/mol. The molecule has 3 N–H and O–H groups in total. The molecule has 3 aliphatic rings. The van der Waals surface area contributed by atoms with Gasteiger partial charge in [-0.15, -0.1) is 0 Å². The average Bonchev–Trinajstić information content (AvgIpc) is 2.66. The summed E-state index contributed by atoms with van der Waals surface area (Å²) in [5.74, 6) is -0.871. The molecule has 1 atom stereocenters. The van der Waals surface area contributed by atoms with Crippen molar-refractivity contribution in [3.8, 4) is 0 Å². The molecule has 6 nitrogen and oxygen atoms in total. The number of carbonyl (C=O) groups excluding carboxylic acids is 2. The van der Waals surface area contributed by atoms with Gasteiger partial charge < -0.3 is 15.5 Å². The van der Waals surface area contributed by atoms with Crippen LogP contribution in [0.1, 0.15) is 38.5 Å². The van der Waals surface area contributed by atoms with E-state index < -0.39 is 6.04 Å². The molecule has 1 spiro atoms. The Morgan fingerprint density at radius 3 is 2.52 bits per heavy atom. The quantitative estimate of drug-likeness (QED) is 0.706. The van der Waals surface area contributed by atoms with Crippen molar-refractivity contribution in [3.63, 3.8) is 0 Å². The van der Waals surface area contributed by atoms with Gasteiger partial charge in [0.2, 0.25) is 11.8 Å². The minimum absolute atomic E-state index is 0.254. The predicted octanol–water partition coefficient (Wildman–Crippen LogP) is 2.01. The molecule has 3 aliphatic heterocycles. The molecule has 1 aromatic rings. The predicted molar refractivity (Wildman–Crippen MR) is 102 cm³/mol. The van der Waals surface area contributed by atoms with Gasteiger partial charge in [0.05, 0.1) is 5.69 Å². The third-order valence-corrected chi connectivity index (χ3v) is 6.36. The zero-order chi connectivity index (χ0) is 18.9. The largest absolute Gasteiger partial charge is 0.374 e. The van der Waals surface area contributed by atoms with Crippen molar-refractivity contribution in [2.75, 3.05) is 36.4 Å². The highest BCUT2D eigenvalue weighted by Crippen LogP contribution is 2.41. The number of halogens is 1. The normalized spacial score (nSPS) is 25.4. The van der Waals surface area contributed by atoms with E-state index in [9.17, 15) is 14.0 Å². The highest BCUT2D eigenvalue weighted by molar-refractivity contribution is 6.01. The lowest BCUT2D eigenvalue weighted by Gasteiger charge is -2.45. The molecule has 3 heterocycles. The van der Waals surface area contributed by atoms with Gasteiger partial charge in [-0.05, 0) is 68.8 Å².